The molecule has 4 nitrogen and oxygen atoms in total. The van der Waals surface area contributed by atoms with E-state index in [1.807, 2.05) is 6.92 Å². The number of carbonyl (C=O) groups is 2. The van der Waals surface area contributed by atoms with Gasteiger partial charge in [-0.2, -0.15) is 11.8 Å². The van der Waals surface area contributed by atoms with Crippen molar-refractivity contribution in [2.75, 3.05) is 25.1 Å². The maximum absolute atomic E-state index is 12.5. The molecule has 2 amide bonds. The molecule has 0 radical (unpaired) electrons. The molecule has 2 aliphatic rings. The average Bonchev–Trinajstić information content (AvgIpc) is 3.09. The van der Waals surface area contributed by atoms with E-state index in [2.05, 4.69) is 18.5 Å². The molecular formula is C13H22N2O2S. The third-order valence-corrected chi connectivity index (χ3v) is 4.74. The minimum absolute atomic E-state index is 0.0136. The zero-order valence-electron chi connectivity index (χ0n) is 11.4. The van der Waals surface area contributed by atoms with E-state index in [-0.39, 0.29) is 18.4 Å². The van der Waals surface area contributed by atoms with Crippen LogP contribution in [0, 0.1) is 11.8 Å². The quantitative estimate of drug-likeness (QED) is 0.814. The van der Waals surface area contributed by atoms with Crippen LogP contribution in [0.4, 0.5) is 0 Å². The zero-order chi connectivity index (χ0) is 13.3. The molecule has 1 aliphatic carbocycles. The van der Waals surface area contributed by atoms with E-state index in [9.17, 15) is 9.59 Å². The zero-order valence-corrected chi connectivity index (χ0v) is 12.2. The Morgan fingerprint density at radius 2 is 2.17 bits per heavy atom. The molecule has 2 unspecified atom stereocenters. The summed E-state index contributed by atoms with van der Waals surface area (Å²) in [6.45, 7) is 4.93. The second-order valence-corrected chi connectivity index (χ2v) is 6.68. The van der Waals surface area contributed by atoms with E-state index in [1.54, 1.807) is 16.7 Å². The second kappa shape index (κ2) is 5.11. The normalized spacial score (nSPS) is 30.3. The lowest BCUT2D eigenvalue weighted by atomic mass is 9.91. The van der Waals surface area contributed by atoms with Crippen LogP contribution in [0.2, 0.25) is 0 Å². The standard InChI is InChI=1S/C13H22N2O2S/c1-9(8-18-3)6-15-7-11(16)14-13(2,12(15)17)10-4-5-10/h9-10H,4-8H2,1-3H3,(H,14,16). The van der Waals surface area contributed by atoms with Gasteiger partial charge < -0.3 is 10.2 Å². The van der Waals surface area contributed by atoms with Crippen molar-refractivity contribution in [1.82, 2.24) is 10.2 Å². The van der Waals surface area contributed by atoms with Gasteiger partial charge >= 0.3 is 0 Å². The molecule has 1 heterocycles. The first-order valence-electron chi connectivity index (χ1n) is 6.56. The van der Waals surface area contributed by atoms with E-state index in [4.69, 9.17) is 0 Å². The van der Waals surface area contributed by atoms with Gasteiger partial charge in [0.05, 0.1) is 6.54 Å². The lowest BCUT2D eigenvalue weighted by Crippen LogP contribution is -2.66. The lowest BCUT2D eigenvalue weighted by Gasteiger charge is -2.41. The number of nitrogens with one attached hydrogen (secondary N) is 1. The molecular weight excluding hydrogens is 248 g/mol. The molecule has 102 valence electrons. The lowest BCUT2D eigenvalue weighted by molar-refractivity contribution is -0.150. The van der Waals surface area contributed by atoms with Gasteiger partial charge in [0, 0.05) is 6.54 Å². The van der Waals surface area contributed by atoms with E-state index in [1.165, 1.54) is 0 Å². The summed E-state index contributed by atoms with van der Waals surface area (Å²) >= 11 is 1.78. The topological polar surface area (TPSA) is 49.4 Å². The molecule has 2 rings (SSSR count). The van der Waals surface area contributed by atoms with Gasteiger partial charge in [-0.1, -0.05) is 6.92 Å². The summed E-state index contributed by atoms with van der Waals surface area (Å²) in [6.07, 6.45) is 4.17. The molecule has 0 aromatic rings. The van der Waals surface area contributed by atoms with Crippen molar-refractivity contribution in [1.29, 1.82) is 0 Å². The molecule has 1 saturated heterocycles. The van der Waals surface area contributed by atoms with Crippen LogP contribution in [0.3, 0.4) is 0 Å². The van der Waals surface area contributed by atoms with Crippen LogP contribution in [-0.4, -0.2) is 47.4 Å². The smallest absolute Gasteiger partial charge is 0.248 e. The maximum Gasteiger partial charge on any atom is 0.248 e. The Morgan fingerprint density at radius 1 is 1.50 bits per heavy atom. The minimum Gasteiger partial charge on any atom is -0.340 e. The van der Waals surface area contributed by atoms with Gasteiger partial charge in [-0.05, 0) is 43.6 Å². The average molecular weight is 270 g/mol. The van der Waals surface area contributed by atoms with Gasteiger partial charge in [-0.3, -0.25) is 9.59 Å². The van der Waals surface area contributed by atoms with Crippen LogP contribution in [0.25, 0.3) is 0 Å². The Bertz CT molecular complexity index is 357. The Morgan fingerprint density at radius 3 is 2.72 bits per heavy atom. The Balaban J connectivity index is 2.05. The van der Waals surface area contributed by atoms with E-state index in [0.717, 1.165) is 18.6 Å². The number of carbonyl (C=O) groups excluding carboxylic acids is 2. The van der Waals surface area contributed by atoms with E-state index >= 15 is 0 Å². The number of hydrogen-bond donors (Lipinski definition) is 1. The van der Waals surface area contributed by atoms with E-state index in [0.29, 0.717) is 18.4 Å². The van der Waals surface area contributed by atoms with Crippen molar-refractivity contribution in [3.05, 3.63) is 0 Å². The number of amides is 2. The third-order valence-electron chi connectivity index (χ3n) is 3.84. The van der Waals surface area contributed by atoms with Gasteiger partial charge in [-0.15, -0.1) is 0 Å². The second-order valence-electron chi connectivity index (χ2n) is 5.77. The third kappa shape index (κ3) is 2.66. The Kier molecular flexibility index (Phi) is 3.90. The largest absolute Gasteiger partial charge is 0.340 e. The van der Waals surface area contributed by atoms with Crippen molar-refractivity contribution in [2.24, 2.45) is 11.8 Å². The Labute approximate surface area is 113 Å². The highest BCUT2D eigenvalue weighted by molar-refractivity contribution is 7.98. The highest BCUT2D eigenvalue weighted by Gasteiger charge is 2.52. The van der Waals surface area contributed by atoms with Crippen LogP contribution in [0.5, 0.6) is 0 Å². The Hall–Kier alpha value is -0.710. The molecule has 18 heavy (non-hydrogen) atoms. The first-order chi connectivity index (χ1) is 8.47. The van der Waals surface area contributed by atoms with Gasteiger partial charge in [-0.25, -0.2) is 0 Å². The summed E-state index contributed by atoms with van der Waals surface area (Å²) in [7, 11) is 0. The van der Waals surface area contributed by atoms with Crippen LogP contribution < -0.4 is 5.32 Å². The molecule has 0 aromatic carbocycles. The summed E-state index contributed by atoms with van der Waals surface area (Å²) < 4.78 is 0. The summed E-state index contributed by atoms with van der Waals surface area (Å²) in [5, 5.41) is 2.90. The predicted molar refractivity (Wildman–Crippen MR) is 73.4 cm³/mol. The molecule has 1 aliphatic heterocycles. The van der Waals surface area contributed by atoms with Crippen molar-refractivity contribution >= 4 is 23.6 Å². The predicted octanol–water partition coefficient (Wildman–Crippen LogP) is 1.11. The molecule has 1 saturated carbocycles. The van der Waals surface area contributed by atoms with Crippen molar-refractivity contribution in [3.63, 3.8) is 0 Å². The maximum atomic E-state index is 12.5. The monoisotopic (exact) mass is 270 g/mol. The van der Waals surface area contributed by atoms with Crippen LogP contribution in [0.15, 0.2) is 0 Å². The number of nitrogens with zero attached hydrogens (tertiary/aromatic N) is 1. The first kappa shape index (κ1) is 13.7. The summed E-state index contributed by atoms with van der Waals surface area (Å²) in [4.78, 5) is 26.1. The van der Waals surface area contributed by atoms with Gasteiger partial charge in [0.1, 0.15) is 5.54 Å². The van der Waals surface area contributed by atoms with E-state index < -0.39 is 5.54 Å². The summed E-state index contributed by atoms with van der Waals surface area (Å²) in [5.41, 5.74) is -0.644. The summed E-state index contributed by atoms with van der Waals surface area (Å²) in [6, 6.07) is 0. The molecule has 1 N–H and O–H groups in total. The minimum atomic E-state index is -0.644. The fourth-order valence-electron chi connectivity index (χ4n) is 2.75. The van der Waals surface area contributed by atoms with Crippen LogP contribution >= 0.6 is 11.8 Å². The van der Waals surface area contributed by atoms with Crippen molar-refractivity contribution in [3.8, 4) is 0 Å². The molecule has 0 bridgehead atoms. The van der Waals surface area contributed by atoms with Crippen molar-refractivity contribution in [2.45, 2.75) is 32.2 Å². The van der Waals surface area contributed by atoms with Gasteiger partial charge in [0.15, 0.2) is 0 Å². The van der Waals surface area contributed by atoms with Crippen LogP contribution in [-0.2, 0) is 9.59 Å². The fourth-order valence-corrected chi connectivity index (χ4v) is 3.43. The SMILES string of the molecule is CSCC(C)CN1CC(=O)NC(C)(C2CC2)C1=O. The molecule has 5 heteroatoms. The molecule has 2 atom stereocenters. The number of piperazine rings is 1. The number of rotatable bonds is 5. The van der Waals surface area contributed by atoms with Crippen molar-refractivity contribution < 1.29 is 9.59 Å². The highest BCUT2D eigenvalue weighted by Crippen LogP contribution is 2.41. The molecule has 0 spiro atoms. The first-order valence-corrected chi connectivity index (χ1v) is 7.96. The summed E-state index contributed by atoms with van der Waals surface area (Å²) in [5.74, 6) is 1.88. The van der Waals surface area contributed by atoms with Gasteiger partial charge in [0.2, 0.25) is 11.8 Å². The molecule has 2 fully saturated rings. The van der Waals surface area contributed by atoms with Gasteiger partial charge in [0.25, 0.3) is 0 Å². The molecule has 0 aromatic heterocycles. The number of thioether (sulfide) groups is 1. The fraction of sp³-hybridized carbons (Fsp3) is 0.846. The number of hydrogen-bond acceptors (Lipinski definition) is 3. The highest BCUT2D eigenvalue weighted by atomic mass is 32.2. The van der Waals surface area contributed by atoms with Crippen LogP contribution in [0.1, 0.15) is 26.7 Å².